The van der Waals surface area contributed by atoms with E-state index in [0.717, 1.165) is 35.2 Å². The van der Waals surface area contributed by atoms with Crippen LogP contribution in [0.3, 0.4) is 0 Å². The summed E-state index contributed by atoms with van der Waals surface area (Å²) in [5.41, 5.74) is 7.21. The average molecular weight is 434 g/mol. The standard InChI is InChI=1S/C21H23N5O.2ClH/c22-14-19(17-8-7-15-5-1-2-6-16(15)13-17)23-21(27)18-9-10-20(25-24-18)26-11-3-4-12-26;;/h1-2,5-10,13,19H,3-4,11-12,14,22H2,(H,23,27);2*1H. The number of carbonyl (C=O) groups is 1. The fourth-order valence-corrected chi connectivity index (χ4v) is 3.50. The van der Waals surface area contributed by atoms with Crippen LogP contribution in [0, 0.1) is 0 Å². The van der Waals surface area contributed by atoms with E-state index in [9.17, 15) is 4.79 Å². The molecule has 1 atom stereocenters. The van der Waals surface area contributed by atoms with Gasteiger partial charge in [0.2, 0.25) is 0 Å². The number of hydrogen-bond donors (Lipinski definition) is 2. The molecule has 8 heteroatoms. The molecule has 3 aromatic rings. The summed E-state index contributed by atoms with van der Waals surface area (Å²) in [7, 11) is 0. The number of halogens is 2. The molecule has 29 heavy (non-hydrogen) atoms. The van der Waals surface area contributed by atoms with Gasteiger partial charge in [-0.2, -0.15) is 0 Å². The van der Waals surface area contributed by atoms with Crippen molar-refractivity contribution in [2.45, 2.75) is 18.9 Å². The summed E-state index contributed by atoms with van der Waals surface area (Å²) < 4.78 is 0. The number of benzene rings is 2. The highest BCUT2D eigenvalue weighted by molar-refractivity contribution is 5.92. The molecule has 0 saturated carbocycles. The lowest BCUT2D eigenvalue weighted by atomic mass is 10.0. The fraction of sp³-hybridized carbons (Fsp3) is 0.286. The Kier molecular flexibility index (Phi) is 8.20. The number of nitrogens with two attached hydrogens (primary N) is 1. The number of nitrogens with zero attached hydrogens (tertiary/aromatic N) is 3. The van der Waals surface area contributed by atoms with Gasteiger partial charge in [-0.25, -0.2) is 0 Å². The van der Waals surface area contributed by atoms with Crippen LogP contribution in [0.5, 0.6) is 0 Å². The third-order valence-corrected chi connectivity index (χ3v) is 5.03. The lowest BCUT2D eigenvalue weighted by Crippen LogP contribution is -2.34. The quantitative estimate of drug-likeness (QED) is 0.642. The highest BCUT2D eigenvalue weighted by Crippen LogP contribution is 2.21. The number of rotatable bonds is 5. The third-order valence-electron chi connectivity index (χ3n) is 5.03. The zero-order valence-corrected chi connectivity index (χ0v) is 17.6. The van der Waals surface area contributed by atoms with Gasteiger partial charge in [-0.15, -0.1) is 35.0 Å². The van der Waals surface area contributed by atoms with Crippen molar-refractivity contribution in [3.05, 3.63) is 65.9 Å². The van der Waals surface area contributed by atoms with Crippen LogP contribution in [0.15, 0.2) is 54.6 Å². The lowest BCUT2D eigenvalue weighted by molar-refractivity contribution is 0.0932. The van der Waals surface area contributed by atoms with E-state index in [1.165, 1.54) is 12.8 Å². The first kappa shape index (κ1) is 22.9. The molecule has 1 saturated heterocycles. The predicted molar refractivity (Wildman–Crippen MR) is 121 cm³/mol. The largest absolute Gasteiger partial charge is 0.355 e. The van der Waals surface area contributed by atoms with Crippen molar-refractivity contribution in [1.82, 2.24) is 15.5 Å². The van der Waals surface area contributed by atoms with Gasteiger partial charge >= 0.3 is 0 Å². The van der Waals surface area contributed by atoms with Crippen LogP contribution in [-0.4, -0.2) is 35.7 Å². The maximum absolute atomic E-state index is 12.6. The van der Waals surface area contributed by atoms with Gasteiger partial charge in [0.1, 0.15) is 0 Å². The van der Waals surface area contributed by atoms with Gasteiger partial charge in [0.05, 0.1) is 6.04 Å². The van der Waals surface area contributed by atoms with Crippen molar-refractivity contribution >= 4 is 47.3 Å². The van der Waals surface area contributed by atoms with E-state index in [1.807, 2.05) is 30.3 Å². The Morgan fingerprint density at radius 2 is 1.72 bits per heavy atom. The molecule has 1 fully saturated rings. The first-order chi connectivity index (χ1) is 13.2. The average Bonchev–Trinajstić information content (AvgIpc) is 3.26. The molecule has 3 N–H and O–H groups in total. The minimum atomic E-state index is -0.276. The number of fused-ring (bicyclic) bond motifs is 1. The smallest absolute Gasteiger partial charge is 0.272 e. The van der Waals surface area contributed by atoms with Crippen molar-refractivity contribution in [2.75, 3.05) is 24.5 Å². The fourth-order valence-electron chi connectivity index (χ4n) is 3.50. The van der Waals surface area contributed by atoms with Crippen LogP contribution in [-0.2, 0) is 0 Å². The van der Waals surface area contributed by atoms with E-state index in [4.69, 9.17) is 5.73 Å². The molecule has 2 heterocycles. The second kappa shape index (κ2) is 10.4. The Bertz CT molecular complexity index is 945. The molecule has 1 aromatic heterocycles. The molecule has 2 aromatic carbocycles. The monoisotopic (exact) mass is 433 g/mol. The first-order valence-electron chi connectivity index (χ1n) is 9.33. The number of carbonyl (C=O) groups excluding carboxylic acids is 1. The van der Waals surface area contributed by atoms with Crippen LogP contribution in [0.4, 0.5) is 5.82 Å². The Morgan fingerprint density at radius 3 is 2.38 bits per heavy atom. The van der Waals surface area contributed by atoms with E-state index in [2.05, 4.69) is 38.6 Å². The highest BCUT2D eigenvalue weighted by atomic mass is 35.5. The van der Waals surface area contributed by atoms with Gasteiger partial charge in [-0.1, -0.05) is 36.4 Å². The maximum Gasteiger partial charge on any atom is 0.272 e. The zero-order valence-electron chi connectivity index (χ0n) is 16.0. The summed E-state index contributed by atoms with van der Waals surface area (Å²) in [6.45, 7) is 2.30. The predicted octanol–water partition coefficient (Wildman–Crippen LogP) is 3.50. The molecule has 1 aliphatic heterocycles. The highest BCUT2D eigenvalue weighted by Gasteiger charge is 2.18. The van der Waals surface area contributed by atoms with Gasteiger partial charge in [-0.3, -0.25) is 4.79 Å². The molecule has 1 aliphatic rings. The van der Waals surface area contributed by atoms with Crippen LogP contribution in [0.1, 0.15) is 34.9 Å². The normalized spacial score (nSPS) is 14.0. The van der Waals surface area contributed by atoms with E-state index in [1.54, 1.807) is 6.07 Å². The molecule has 0 aliphatic carbocycles. The molecule has 4 rings (SSSR count). The summed E-state index contributed by atoms with van der Waals surface area (Å²) >= 11 is 0. The molecule has 1 unspecified atom stereocenters. The van der Waals surface area contributed by atoms with Gasteiger partial charge in [0.15, 0.2) is 11.5 Å². The van der Waals surface area contributed by atoms with Gasteiger partial charge in [0, 0.05) is 19.6 Å². The molecule has 0 bridgehead atoms. The van der Waals surface area contributed by atoms with Crippen molar-refractivity contribution in [1.29, 1.82) is 0 Å². The zero-order chi connectivity index (χ0) is 18.6. The number of nitrogens with one attached hydrogen (secondary N) is 1. The van der Waals surface area contributed by atoms with Crippen molar-refractivity contribution in [3.63, 3.8) is 0 Å². The number of anilines is 1. The van der Waals surface area contributed by atoms with E-state index < -0.39 is 0 Å². The molecule has 154 valence electrons. The van der Waals surface area contributed by atoms with Crippen LogP contribution < -0.4 is 16.0 Å². The lowest BCUT2D eigenvalue weighted by Gasteiger charge is -2.18. The minimum Gasteiger partial charge on any atom is -0.355 e. The maximum atomic E-state index is 12.6. The Hall–Kier alpha value is -2.41. The van der Waals surface area contributed by atoms with Gasteiger partial charge in [0.25, 0.3) is 5.91 Å². The van der Waals surface area contributed by atoms with Gasteiger partial charge in [-0.05, 0) is 47.4 Å². The second-order valence-electron chi connectivity index (χ2n) is 6.84. The molecule has 6 nitrogen and oxygen atoms in total. The molecule has 0 radical (unpaired) electrons. The van der Waals surface area contributed by atoms with E-state index >= 15 is 0 Å². The van der Waals surface area contributed by atoms with E-state index in [0.29, 0.717) is 12.2 Å². The summed E-state index contributed by atoms with van der Waals surface area (Å²) in [5.74, 6) is 0.563. The van der Waals surface area contributed by atoms with Crippen molar-refractivity contribution in [3.8, 4) is 0 Å². The first-order valence-corrected chi connectivity index (χ1v) is 9.33. The summed E-state index contributed by atoms with van der Waals surface area (Å²) in [6.07, 6.45) is 2.35. The van der Waals surface area contributed by atoms with Crippen molar-refractivity contribution in [2.24, 2.45) is 5.73 Å². The number of amides is 1. The third kappa shape index (κ3) is 5.15. The molecule has 1 amide bonds. The Morgan fingerprint density at radius 1 is 1.00 bits per heavy atom. The SMILES string of the molecule is Cl.Cl.NCC(NC(=O)c1ccc(N2CCCC2)nn1)c1ccc2ccccc2c1. The summed E-state index contributed by atoms with van der Waals surface area (Å²) in [4.78, 5) is 14.8. The summed E-state index contributed by atoms with van der Waals surface area (Å²) in [6, 6.07) is 17.5. The second-order valence-corrected chi connectivity index (χ2v) is 6.84. The Labute approximate surface area is 182 Å². The summed E-state index contributed by atoms with van der Waals surface area (Å²) in [5, 5.41) is 13.6. The number of hydrogen-bond acceptors (Lipinski definition) is 5. The topological polar surface area (TPSA) is 84.1 Å². The van der Waals surface area contributed by atoms with E-state index in [-0.39, 0.29) is 36.8 Å². The molecular weight excluding hydrogens is 409 g/mol. The minimum absolute atomic E-state index is 0. The van der Waals surface area contributed by atoms with Crippen LogP contribution >= 0.6 is 24.8 Å². The Balaban J connectivity index is 0.00000150. The van der Waals surface area contributed by atoms with Crippen molar-refractivity contribution < 1.29 is 4.79 Å². The van der Waals surface area contributed by atoms with Crippen LogP contribution in [0.2, 0.25) is 0 Å². The number of aromatic nitrogens is 2. The van der Waals surface area contributed by atoms with Crippen LogP contribution in [0.25, 0.3) is 10.8 Å². The molecule has 0 spiro atoms. The van der Waals surface area contributed by atoms with Gasteiger partial charge < -0.3 is 16.0 Å². The molecular formula is C21H25Cl2N5O.